The topological polar surface area (TPSA) is 97.2 Å². The Morgan fingerprint density at radius 2 is 2.05 bits per heavy atom. The molecule has 7 heteroatoms. The predicted octanol–water partition coefficient (Wildman–Crippen LogP) is 0.469. The van der Waals surface area contributed by atoms with Crippen molar-refractivity contribution in [3.05, 3.63) is 5.82 Å². The maximum Gasteiger partial charge on any atom is 0.229 e. The van der Waals surface area contributed by atoms with Crippen LogP contribution in [0.2, 0.25) is 0 Å². The molecule has 21 heavy (non-hydrogen) atoms. The molecule has 1 aromatic rings. The van der Waals surface area contributed by atoms with Crippen molar-refractivity contribution >= 4 is 11.9 Å². The SMILES string of the molecule is CCC1CCN(Cc2nc(N)nc(N(C)C)n2)C(CN)C1. The Morgan fingerprint density at radius 3 is 2.67 bits per heavy atom. The molecule has 2 atom stereocenters. The fraction of sp³-hybridized carbons (Fsp3) is 0.786. The number of hydrogen-bond donors (Lipinski definition) is 2. The first-order chi connectivity index (χ1) is 10.0. The smallest absolute Gasteiger partial charge is 0.229 e. The van der Waals surface area contributed by atoms with Gasteiger partial charge in [-0.05, 0) is 25.3 Å². The van der Waals surface area contributed by atoms with E-state index in [1.54, 1.807) is 0 Å². The highest BCUT2D eigenvalue weighted by atomic mass is 15.3. The van der Waals surface area contributed by atoms with Crippen LogP contribution in [0.25, 0.3) is 0 Å². The Hall–Kier alpha value is -1.47. The van der Waals surface area contributed by atoms with Gasteiger partial charge in [0.2, 0.25) is 11.9 Å². The first kappa shape index (κ1) is 15.9. The van der Waals surface area contributed by atoms with Crippen molar-refractivity contribution in [3.8, 4) is 0 Å². The third-order valence-corrected chi connectivity index (χ3v) is 4.23. The van der Waals surface area contributed by atoms with Gasteiger partial charge in [-0.3, -0.25) is 4.90 Å². The lowest BCUT2D eigenvalue weighted by Gasteiger charge is -2.38. The highest BCUT2D eigenvalue weighted by Gasteiger charge is 2.27. The summed E-state index contributed by atoms with van der Waals surface area (Å²) in [7, 11) is 3.79. The van der Waals surface area contributed by atoms with E-state index in [4.69, 9.17) is 11.5 Å². The molecule has 1 aliphatic heterocycles. The van der Waals surface area contributed by atoms with E-state index < -0.39 is 0 Å². The minimum absolute atomic E-state index is 0.274. The van der Waals surface area contributed by atoms with Gasteiger partial charge in [-0.1, -0.05) is 13.3 Å². The minimum Gasteiger partial charge on any atom is -0.368 e. The number of nitrogen functional groups attached to an aromatic ring is 1. The molecule has 0 aliphatic carbocycles. The van der Waals surface area contributed by atoms with Crippen LogP contribution >= 0.6 is 0 Å². The molecule has 0 radical (unpaired) electrons. The Morgan fingerprint density at radius 1 is 1.29 bits per heavy atom. The lowest BCUT2D eigenvalue weighted by atomic mass is 9.89. The Balaban J connectivity index is 2.10. The third-order valence-electron chi connectivity index (χ3n) is 4.23. The van der Waals surface area contributed by atoms with Crippen molar-refractivity contribution in [2.75, 3.05) is 37.8 Å². The summed E-state index contributed by atoms with van der Waals surface area (Å²) < 4.78 is 0. The number of likely N-dealkylation sites (tertiary alicyclic amines) is 1. The summed E-state index contributed by atoms with van der Waals surface area (Å²) >= 11 is 0. The molecular formula is C14H27N7. The quantitative estimate of drug-likeness (QED) is 0.814. The number of nitrogens with zero attached hydrogens (tertiary/aromatic N) is 5. The Labute approximate surface area is 126 Å². The van der Waals surface area contributed by atoms with Crippen LogP contribution in [0.15, 0.2) is 0 Å². The maximum absolute atomic E-state index is 5.94. The lowest BCUT2D eigenvalue weighted by molar-refractivity contribution is 0.105. The second-order valence-electron chi connectivity index (χ2n) is 5.96. The molecule has 0 amide bonds. The first-order valence-corrected chi connectivity index (χ1v) is 7.65. The van der Waals surface area contributed by atoms with E-state index in [9.17, 15) is 0 Å². The standard InChI is InChI=1S/C14H27N7/c1-4-10-5-6-21(11(7-10)8-15)9-12-17-13(16)19-14(18-12)20(2)3/h10-11H,4-9,15H2,1-3H3,(H2,16,17,18,19). The second-order valence-corrected chi connectivity index (χ2v) is 5.96. The Bertz CT molecular complexity index is 463. The summed E-state index contributed by atoms with van der Waals surface area (Å²) in [5.41, 5.74) is 11.7. The zero-order chi connectivity index (χ0) is 15.4. The monoisotopic (exact) mass is 293 g/mol. The number of anilines is 2. The van der Waals surface area contributed by atoms with E-state index in [2.05, 4.69) is 26.8 Å². The molecule has 0 spiro atoms. The average Bonchev–Trinajstić information content (AvgIpc) is 2.47. The van der Waals surface area contributed by atoms with Crippen molar-refractivity contribution in [1.82, 2.24) is 19.9 Å². The van der Waals surface area contributed by atoms with Gasteiger partial charge in [-0.15, -0.1) is 0 Å². The van der Waals surface area contributed by atoms with Gasteiger partial charge in [-0.2, -0.15) is 15.0 Å². The van der Waals surface area contributed by atoms with Gasteiger partial charge in [0.15, 0.2) is 0 Å². The van der Waals surface area contributed by atoms with E-state index in [1.807, 2.05) is 19.0 Å². The molecule has 0 aromatic carbocycles. The average molecular weight is 293 g/mol. The normalized spacial score (nSPS) is 23.2. The molecule has 1 aliphatic rings. The van der Waals surface area contributed by atoms with Gasteiger partial charge in [0, 0.05) is 26.7 Å². The van der Waals surface area contributed by atoms with Crippen molar-refractivity contribution in [3.63, 3.8) is 0 Å². The minimum atomic E-state index is 0.274. The molecule has 4 N–H and O–H groups in total. The van der Waals surface area contributed by atoms with E-state index >= 15 is 0 Å². The zero-order valence-electron chi connectivity index (χ0n) is 13.3. The number of rotatable bonds is 5. The van der Waals surface area contributed by atoms with E-state index in [0.29, 0.717) is 25.1 Å². The molecule has 7 nitrogen and oxygen atoms in total. The molecule has 1 fully saturated rings. The molecule has 2 unspecified atom stereocenters. The van der Waals surface area contributed by atoms with Crippen molar-refractivity contribution in [2.45, 2.75) is 38.8 Å². The van der Waals surface area contributed by atoms with Gasteiger partial charge in [-0.25, -0.2) is 0 Å². The summed E-state index contributed by atoms with van der Waals surface area (Å²) in [6, 6.07) is 0.407. The lowest BCUT2D eigenvalue weighted by Crippen LogP contribution is -2.46. The zero-order valence-corrected chi connectivity index (χ0v) is 13.3. The van der Waals surface area contributed by atoms with Crippen LogP contribution < -0.4 is 16.4 Å². The van der Waals surface area contributed by atoms with E-state index in [1.165, 1.54) is 12.8 Å². The summed E-state index contributed by atoms with van der Waals surface area (Å²) in [6.45, 7) is 4.66. The molecule has 1 aromatic heterocycles. The Kier molecular flexibility index (Phi) is 5.30. The maximum atomic E-state index is 5.94. The molecule has 118 valence electrons. The summed E-state index contributed by atoms with van der Waals surface area (Å²) in [4.78, 5) is 17.1. The molecule has 1 saturated heterocycles. The highest BCUT2D eigenvalue weighted by Crippen LogP contribution is 2.25. The van der Waals surface area contributed by atoms with Gasteiger partial charge in [0.05, 0.1) is 6.54 Å². The largest absolute Gasteiger partial charge is 0.368 e. The van der Waals surface area contributed by atoms with Gasteiger partial charge in [0.25, 0.3) is 0 Å². The fourth-order valence-electron chi connectivity index (χ4n) is 2.88. The number of hydrogen-bond acceptors (Lipinski definition) is 7. The molecule has 0 bridgehead atoms. The summed E-state index contributed by atoms with van der Waals surface area (Å²) in [6.07, 6.45) is 3.61. The molecular weight excluding hydrogens is 266 g/mol. The van der Waals surface area contributed by atoms with E-state index in [-0.39, 0.29) is 5.95 Å². The highest BCUT2D eigenvalue weighted by molar-refractivity contribution is 5.32. The fourth-order valence-corrected chi connectivity index (χ4v) is 2.88. The van der Waals surface area contributed by atoms with Crippen molar-refractivity contribution in [1.29, 1.82) is 0 Å². The third kappa shape index (κ3) is 4.01. The summed E-state index contributed by atoms with van der Waals surface area (Å²) in [5, 5.41) is 0. The van der Waals surface area contributed by atoms with Crippen molar-refractivity contribution in [2.24, 2.45) is 11.7 Å². The molecule has 2 heterocycles. The van der Waals surface area contributed by atoms with Crippen LogP contribution in [0.1, 0.15) is 32.0 Å². The van der Waals surface area contributed by atoms with Crippen LogP contribution in [0.3, 0.4) is 0 Å². The number of aromatic nitrogens is 3. The number of piperidine rings is 1. The van der Waals surface area contributed by atoms with Gasteiger partial charge >= 0.3 is 0 Å². The predicted molar refractivity (Wildman–Crippen MR) is 84.8 cm³/mol. The second kappa shape index (κ2) is 7.00. The number of nitrogens with two attached hydrogens (primary N) is 2. The van der Waals surface area contributed by atoms with Crippen LogP contribution in [0.5, 0.6) is 0 Å². The van der Waals surface area contributed by atoms with Crippen LogP contribution in [0, 0.1) is 5.92 Å². The van der Waals surface area contributed by atoms with Gasteiger partial charge in [0.1, 0.15) is 5.82 Å². The van der Waals surface area contributed by atoms with Crippen LogP contribution in [-0.2, 0) is 6.54 Å². The molecule has 0 saturated carbocycles. The van der Waals surface area contributed by atoms with E-state index in [0.717, 1.165) is 24.7 Å². The first-order valence-electron chi connectivity index (χ1n) is 7.65. The summed E-state index contributed by atoms with van der Waals surface area (Å²) in [5.74, 6) is 2.39. The molecule has 2 rings (SSSR count). The van der Waals surface area contributed by atoms with Crippen LogP contribution in [-0.4, -0.2) is 53.1 Å². The van der Waals surface area contributed by atoms with Gasteiger partial charge < -0.3 is 16.4 Å². The van der Waals surface area contributed by atoms with Crippen molar-refractivity contribution < 1.29 is 0 Å². The van der Waals surface area contributed by atoms with Crippen LogP contribution in [0.4, 0.5) is 11.9 Å².